The van der Waals surface area contributed by atoms with E-state index in [0.29, 0.717) is 34.9 Å². The van der Waals surface area contributed by atoms with Gasteiger partial charge in [0.25, 0.3) is 11.5 Å². The first-order valence-corrected chi connectivity index (χ1v) is 10.7. The molecule has 0 spiro atoms. The Kier molecular flexibility index (Phi) is 6.05. The van der Waals surface area contributed by atoms with Crippen LogP contribution < -0.4 is 20.3 Å². The molecule has 33 heavy (non-hydrogen) atoms. The molecule has 0 saturated heterocycles. The second-order valence-electron chi connectivity index (χ2n) is 8.27. The zero-order chi connectivity index (χ0) is 23.7. The monoisotopic (exact) mass is 446 g/mol. The minimum absolute atomic E-state index is 0.0747. The van der Waals surface area contributed by atoms with Gasteiger partial charge in [0.2, 0.25) is 0 Å². The van der Waals surface area contributed by atoms with Gasteiger partial charge in [-0.1, -0.05) is 24.3 Å². The molecule has 1 atom stereocenters. The van der Waals surface area contributed by atoms with Crippen molar-refractivity contribution in [1.82, 2.24) is 4.98 Å². The van der Waals surface area contributed by atoms with Gasteiger partial charge in [-0.05, 0) is 61.1 Å². The van der Waals surface area contributed by atoms with E-state index >= 15 is 0 Å². The van der Waals surface area contributed by atoms with Crippen LogP contribution in [-0.2, 0) is 6.42 Å². The van der Waals surface area contributed by atoms with E-state index in [0.717, 1.165) is 16.7 Å². The number of anilines is 1. The Hall–Kier alpha value is -3.87. The quantitative estimate of drug-likeness (QED) is 0.613. The van der Waals surface area contributed by atoms with Crippen LogP contribution in [0.5, 0.6) is 11.5 Å². The number of benzene rings is 2. The van der Waals surface area contributed by atoms with Crippen molar-refractivity contribution in [1.29, 1.82) is 0 Å². The number of hydrogen-bond acceptors (Lipinski definition) is 5. The fourth-order valence-electron chi connectivity index (χ4n) is 4.33. The number of aromatic amines is 1. The molecule has 1 heterocycles. The Morgan fingerprint density at radius 2 is 1.67 bits per heavy atom. The van der Waals surface area contributed by atoms with Crippen LogP contribution in [0.3, 0.4) is 0 Å². The number of aryl methyl sites for hydroxylation is 2. The van der Waals surface area contributed by atoms with Gasteiger partial charge in [-0.2, -0.15) is 0 Å². The number of amides is 1. The summed E-state index contributed by atoms with van der Waals surface area (Å²) in [5.41, 5.74) is 3.71. The van der Waals surface area contributed by atoms with Crippen molar-refractivity contribution in [3.8, 4) is 11.5 Å². The van der Waals surface area contributed by atoms with E-state index in [1.54, 1.807) is 20.3 Å². The number of fused-ring (bicyclic) bond motifs is 1. The summed E-state index contributed by atoms with van der Waals surface area (Å²) < 4.78 is 10.7. The van der Waals surface area contributed by atoms with Gasteiger partial charge in [0.1, 0.15) is 5.56 Å². The summed E-state index contributed by atoms with van der Waals surface area (Å²) in [7, 11) is 3.13. The van der Waals surface area contributed by atoms with Crippen LogP contribution in [0.2, 0.25) is 0 Å². The summed E-state index contributed by atoms with van der Waals surface area (Å²) >= 11 is 0. The lowest BCUT2D eigenvalue weighted by molar-refractivity contribution is 0.0963. The average Bonchev–Trinajstić information content (AvgIpc) is 2.80. The maximum absolute atomic E-state index is 13.0. The number of carbonyl (C=O) groups is 2. The van der Waals surface area contributed by atoms with E-state index in [9.17, 15) is 14.4 Å². The van der Waals surface area contributed by atoms with Crippen molar-refractivity contribution < 1.29 is 19.1 Å². The molecule has 7 heteroatoms. The molecule has 1 aliphatic rings. The molecule has 0 fully saturated rings. The van der Waals surface area contributed by atoms with Crippen molar-refractivity contribution in [2.75, 3.05) is 19.5 Å². The Balaban J connectivity index is 1.63. The molecule has 0 unspecified atom stereocenters. The lowest BCUT2D eigenvalue weighted by atomic mass is 9.81. The number of Topliss-reactive ketones (excluding diaryl/α,β-unsaturated/α-hetero) is 1. The first-order chi connectivity index (χ1) is 15.8. The van der Waals surface area contributed by atoms with Crippen LogP contribution in [0, 0.1) is 13.8 Å². The number of aromatic nitrogens is 1. The molecule has 3 aromatic rings. The van der Waals surface area contributed by atoms with Crippen LogP contribution in [0.25, 0.3) is 0 Å². The van der Waals surface area contributed by atoms with Gasteiger partial charge >= 0.3 is 0 Å². The van der Waals surface area contributed by atoms with Crippen LogP contribution in [0.1, 0.15) is 55.4 Å². The largest absolute Gasteiger partial charge is 0.493 e. The van der Waals surface area contributed by atoms with E-state index in [2.05, 4.69) is 10.3 Å². The number of ether oxygens (including phenoxy) is 2. The minimum atomic E-state index is -0.536. The molecule has 0 bridgehead atoms. The van der Waals surface area contributed by atoms with E-state index in [1.807, 2.05) is 44.2 Å². The lowest BCUT2D eigenvalue weighted by Gasteiger charge is -2.24. The number of carbonyl (C=O) groups excluding carboxylic acids is 2. The normalized spacial score (nSPS) is 15.0. The minimum Gasteiger partial charge on any atom is -0.493 e. The molecule has 0 radical (unpaired) electrons. The van der Waals surface area contributed by atoms with Gasteiger partial charge in [0.15, 0.2) is 17.3 Å². The highest BCUT2D eigenvalue weighted by Crippen LogP contribution is 2.36. The molecular weight excluding hydrogens is 420 g/mol. The molecule has 1 amide bonds. The summed E-state index contributed by atoms with van der Waals surface area (Å²) in [5, 5.41) is 2.82. The third-order valence-electron chi connectivity index (χ3n) is 6.15. The molecule has 2 N–H and O–H groups in total. The Labute approximate surface area is 191 Å². The van der Waals surface area contributed by atoms with Gasteiger partial charge in [0.05, 0.1) is 14.2 Å². The van der Waals surface area contributed by atoms with E-state index in [1.165, 1.54) is 6.07 Å². The maximum atomic E-state index is 13.0. The van der Waals surface area contributed by atoms with Crippen molar-refractivity contribution in [2.24, 2.45) is 0 Å². The number of nitrogens with one attached hydrogen (secondary N) is 2. The smallest absolute Gasteiger partial charge is 0.261 e. The fraction of sp³-hybridized carbons (Fsp3) is 0.269. The first kappa shape index (κ1) is 22.3. The molecule has 2 aromatic carbocycles. The molecular formula is C26H26N2O5. The number of pyridine rings is 1. The van der Waals surface area contributed by atoms with Crippen molar-refractivity contribution in [2.45, 2.75) is 32.6 Å². The highest BCUT2D eigenvalue weighted by atomic mass is 16.5. The molecule has 4 rings (SSSR count). The van der Waals surface area contributed by atoms with E-state index < -0.39 is 11.5 Å². The Morgan fingerprint density at radius 1 is 0.970 bits per heavy atom. The van der Waals surface area contributed by atoms with Gasteiger partial charge in [-0.3, -0.25) is 14.4 Å². The second-order valence-corrected chi connectivity index (χ2v) is 8.27. The maximum Gasteiger partial charge on any atom is 0.261 e. The standard InChI is InChI=1S/C26H26N2O5/c1-14-6-5-7-15(2)24(14)28-26(31)19-13-18-20(27-25(19)30)10-17(11-21(18)29)16-8-9-22(32-3)23(12-16)33-4/h5-9,12-13,17H,10-11H2,1-4H3,(H,27,30)(H,28,31)/t17-/m0/s1. The topological polar surface area (TPSA) is 97.5 Å². The van der Waals surface area contributed by atoms with Crippen molar-refractivity contribution in [3.05, 3.63) is 86.3 Å². The predicted octanol–water partition coefficient (Wildman–Crippen LogP) is 4.17. The van der Waals surface area contributed by atoms with Gasteiger partial charge in [-0.15, -0.1) is 0 Å². The molecule has 7 nitrogen and oxygen atoms in total. The number of hydrogen-bond donors (Lipinski definition) is 2. The van der Waals surface area contributed by atoms with Gasteiger partial charge in [0, 0.05) is 23.4 Å². The third-order valence-corrected chi connectivity index (χ3v) is 6.15. The summed E-state index contributed by atoms with van der Waals surface area (Å²) in [4.78, 5) is 41.4. The summed E-state index contributed by atoms with van der Waals surface area (Å²) in [6.07, 6.45) is 0.747. The van der Waals surface area contributed by atoms with Crippen LogP contribution in [0.4, 0.5) is 5.69 Å². The van der Waals surface area contributed by atoms with Crippen LogP contribution in [-0.4, -0.2) is 30.9 Å². The number of ketones is 1. The van der Waals surface area contributed by atoms with E-state index in [-0.39, 0.29) is 23.7 Å². The van der Waals surface area contributed by atoms with Crippen LogP contribution >= 0.6 is 0 Å². The SMILES string of the molecule is COc1ccc([C@@H]2CC(=O)c3cc(C(=O)Nc4c(C)cccc4C)c(=O)[nH]c3C2)cc1OC. The summed E-state index contributed by atoms with van der Waals surface area (Å²) in [5.74, 6) is 0.423. The Morgan fingerprint density at radius 3 is 2.33 bits per heavy atom. The number of H-pyrrole nitrogens is 1. The molecule has 1 aromatic heterocycles. The zero-order valence-corrected chi connectivity index (χ0v) is 19.1. The molecule has 1 aliphatic carbocycles. The fourth-order valence-corrected chi connectivity index (χ4v) is 4.33. The molecule has 0 saturated carbocycles. The third kappa shape index (κ3) is 4.26. The van der Waals surface area contributed by atoms with Gasteiger partial charge < -0.3 is 19.8 Å². The van der Waals surface area contributed by atoms with Gasteiger partial charge in [-0.25, -0.2) is 0 Å². The van der Waals surface area contributed by atoms with Crippen molar-refractivity contribution >= 4 is 17.4 Å². The van der Waals surface area contributed by atoms with Crippen LogP contribution in [0.15, 0.2) is 47.3 Å². The van der Waals surface area contributed by atoms with E-state index in [4.69, 9.17) is 9.47 Å². The highest BCUT2D eigenvalue weighted by molar-refractivity contribution is 6.07. The van der Waals surface area contributed by atoms with Crippen molar-refractivity contribution in [3.63, 3.8) is 0 Å². The first-order valence-electron chi connectivity index (χ1n) is 10.7. The second kappa shape index (κ2) is 8.94. The molecule has 170 valence electrons. The summed E-state index contributed by atoms with van der Waals surface area (Å²) in [6.45, 7) is 3.77. The lowest BCUT2D eigenvalue weighted by Crippen LogP contribution is -2.29. The number of methoxy groups -OCH3 is 2. The number of rotatable bonds is 5. The predicted molar refractivity (Wildman–Crippen MR) is 126 cm³/mol. The highest BCUT2D eigenvalue weighted by Gasteiger charge is 2.29. The average molecular weight is 447 g/mol. The molecule has 0 aliphatic heterocycles. The zero-order valence-electron chi connectivity index (χ0n) is 19.1. The Bertz CT molecular complexity index is 1290. The number of para-hydroxylation sites is 1. The summed E-state index contributed by atoms with van der Waals surface area (Å²) in [6, 6.07) is 12.7.